The molecule has 0 radical (unpaired) electrons. The number of aryl methyl sites for hydroxylation is 1. The summed E-state index contributed by atoms with van der Waals surface area (Å²) in [5, 5.41) is 10.2. The number of halogens is 1. The van der Waals surface area contributed by atoms with Crippen LogP contribution in [0.2, 0.25) is 5.02 Å². The van der Waals surface area contributed by atoms with E-state index in [1.54, 1.807) is 15.9 Å². The fourth-order valence-corrected chi connectivity index (χ4v) is 3.03. The molecule has 1 fully saturated rings. The first-order chi connectivity index (χ1) is 11.0. The fraction of sp³-hybridized carbons (Fsp3) is 0.375. The molecule has 2 heterocycles. The zero-order chi connectivity index (χ0) is 16.6. The van der Waals surface area contributed by atoms with Gasteiger partial charge in [-0.1, -0.05) is 23.7 Å². The fourth-order valence-electron chi connectivity index (χ4n) is 2.82. The maximum absolute atomic E-state index is 12.7. The third kappa shape index (κ3) is 2.80. The highest BCUT2D eigenvalue weighted by molar-refractivity contribution is 6.35. The zero-order valence-electron chi connectivity index (χ0n) is 12.7. The number of nitrogens with zero attached hydrogens (tertiary/aromatic N) is 2. The Morgan fingerprint density at radius 2 is 1.87 bits per heavy atom. The van der Waals surface area contributed by atoms with E-state index in [2.05, 4.69) is 0 Å². The third-order valence-electron chi connectivity index (χ3n) is 4.16. The Morgan fingerprint density at radius 1 is 1.22 bits per heavy atom. The Labute approximate surface area is 138 Å². The molecular formula is C16H17ClN2O4. The van der Waals surface area contributed by atoms with Crippen molar-refractivity contribution < 1.29 is 19.1 Å². The van der Waals surface area contributed by atoms with Crippen molar-refractivity contribution in [1.82, 2.24) is 9.80 Å². The first-order valence-electron chi connectivity index (χ1n) is 7.38. The second-order valence-electron chi connectivity index (χ2n) is 5.50. The summed E-state index contributed by atoms with van der Waals surface area (Å²) < 4.78 is 5.70. The third-order valence-corrected chi connectivity index (χ3v) is 4.46. The Kier molecular flexibility index (Phi) is 4.28. The summed E-state index contributed by atoms with van der Waals surface area (Å²) in [6.07, 6.45) is 0. The van der Waals surface area contributed by atoms with E-state index in [-0.39, 0.29) is 17.6 Å². The minimum atomic E-state index is -0.505. The van der Waals surface area contributed by atoms with Gasteiger partial charge in [-0.2, -0.15) is 0 Å². The molecule has 0 atom stereocenters. The van der Waals surface area contributed by atoms with Crippen LogP contribution < -0.4 is 0 Å². The molecule has 0 saturated carbocycles. The average Bonchev–Trinajstić information content (AvgIpc) is 2.92. The monoisotopic (exact) mass is 336 g/mol. The van der Waals surface area contributed by atoms with Crippen LogP contribution in [0.5, 0.6) is 0 Å². The number of carbonyl (C=O) groups excluding carboxylic acids is 2. The minimum Gasteiger partial charge on any atom is -0.449 e. The van der Waals surface area contributed by atoms with Crippen LogP contribution in [0.15, 0.2) is 22.6 Å². The molecule has 0 bridgehead atoms. The Bertz CT molecular complexity index is 763. The number of fused-ring (bicyclic) bond motifs is 1. The highest BCUT2D eigenvalue weighted by Crippen LogP contribution is 2.31. The van der Waals surface area contributed by atoms with Crippen LogP contribution in [0, 0.1) is 6.92 Å². The summed E-state index contributed by atoms with van der Waals surface area (Å²) in [7, 11) is 0. The predicted molar refractivity (Wildman–Crippen MR) is 85.5 cm³/mol. The lowest BCUT2D eigenvalue weighted by molar-refractivity contribution is -0.135. The van der Waals surface area contributed by atoms with E-state index >= 15 is 0 Å². The quantitative estimate of drug-likeness (QED) is 0.905. The predicted octanol–water partition coefficient (Wildman–Crippen LogP) is 1.67. The van der Waals surface area contributed by atoms with E-state index in [9.17, 15) is 9.59 Å². The molecule has 7 heteroatoms. The molecule has 2 aromatic rings. The van der Waals surface area contributed by atoms with Gasteiger partial charge >= 0.3 is 0 Å². The van der Waals surface area contributed by atoms with Crippen LogP contribution >= 0.6 is 11.6 Å². The van der Waals surface area contributed by atoms with Gasteiger partial charge in [0.2, 0.25) is 5.91 Å². The first-order valence-corrected chi connectivity index (χ1v) is 7.76. The lowest BCUT2D eigenvalue weighted by atomic mass is 10.1. The summed E-state index contributed by atoms with van der Waals surface area (Å²) >= 11 is 6.12. The van der Waals surface area contributed by atoms with Crippen LogP contribution in [0.4, 0.5) is 0 Å². The van der Waals surface area contributed by atoms with Crippen LogP contribution in [0.3, 0.4) is 0 Å². The van der Waals surface area contributed by atoms with Crippen LogP contribution in [-0.2, 0) is 4.79 Å². The maximum Gasteiger partial charge on any atom is 0.290 e. The van der Waals surface area contributed by atoms with Gasteiger partial charge < -0.3 is 19.3 Å². The molecule has 1 aromatic carbocycles. The van der Waals surface area contributed by atoms with Crippen molar-refractivity contribution in [3.8, 4) is 0 Å². The average molecular weight is 337 g/mol. The van der Waals surface area contributed by atoms with Crippen molar-refractivity contribution in [3.63, 3.8) is 0 Å². The van der Waals surface area contributed by atoms with Crippen molar-refractivity contribution in [3.05, 3.63) is 34.5 Å². The van der Waals surface area contributed by atoms with Gasteiger partial charge in [-0.15, -0.1) is 0 Å². The van der Waals surface area contributed by atoms with E-state index in [1.165, 1.54) is 0 Å². The van der Waals surface area contributed by atoms with E-state index in [1.807, 2.05) is 19.1 Å². The number of para-hydroxylation sites is 1. The number of rotatable bonds is 2. The second kappa shape index (κ2) is 6.22. The number of hydrogen-bond acceptors (Lipinski definition) is 4. The normalized spacial score (nSPS) is 15.3. The van der Waals surface area contributed by atoms with Gasteiger partial charge in [-0.05, 0) is 13.0 Å². The molecule has 1 aliphatic rings. The van der Waals surface area contributed by atoms with Crippen molar-refractivity contribution in [1.29, 1.82) is 0 Å². The topological polar surface area (TPSA) is 74.0 Å². The second-order valence-corrected chi connectivity index (χ2v) is 5.91. The van der Waals surface area contributed by atoms with E-state index in [4.69, 9.17) is 21.1 Å². The molecule has 0 aliphatic carbocycles. The smallest absolute Gasteiger partial charge is 0.290 e. The number of furan rings is 1. The molecule has 0 unspecified atom stereocenters. The number of aliphatic hydroxyl groups excluding tert-OH is 1. The zero-order valence-corrected chi connectivity index (χ0v) is 13.5. The van der Waals surface area contributed by atoms with E-state index in [0.717, 1.165) is 10.9 Å². The number of benzene rings is 1. The highest BCUT2D eigenvalue weighted by Gasteiger charge is 2.28. The molecule has 122 valence electrons. The van der Waals surface area contributed by atoms with Gasteiger partial charge in [0, 0.05) is 37.1 Å². The number of aliphatic hydroxyl groups is 1. The van der Waals surface area contributed by atoms with Crippen LogP contribution in [0.1, 0.15) is 16.1 Å². The number of carbonyl (C=O) groups is 2. The van der Waals surface area contributed by atoms with Gasteiger partial charge in [-0.3, -0.25) is 9.59 Å². The SMILES string of the molecule is Cc1c(C(=O)N2CCN(C(=O)CO)CC2)oc2c(Cl)cccc12. The summed E-state index contributed by atoms with van der Waals surface area (Å²) in [6.45, 7) is 2.97. The summed E-state index contributed by atoms with van der Waals surface area (Å²) in [6, 6.07) is 5.41. The van der Waals surface area contributed by atoms with Gasteiger partial charge in [0.1, 0.15) is 6.61 Å². The van der Waals surface area contributed by atoms with Crippen LogP contribution in [0.25, 0.3) is 11.0 Å². The van der Waals surface area contributed by atoms with Crippen molar-refractivity contribution >= 4 is 34.4 Å². The molecule has 6 nitrogen and oxygen atoms in total. The van der Waals surface area contributed by atoms with Gasteiger partial charge in [0.05, 0.1) is 5.02 Å². The lowest BCUT2D eigenvalue weighted by Gasteiger charge is -2.34. The van der Waals surface area contributed by atoms with E-state index in [0.29, 0.717) is 36.8 Å². The number of amides is 2. The van der Waals surface area contributed by atoms with Crippen LogP contribution in [-0.4, -0.2) is 59.5 Å². The van der Waals surface area contributed by atoms with Gasteiger partial charge in [-0.25, -0.2) is 0 Å². The summed E-state index contributed by atoms with van der Waals surface area (Å²) in [5.74, 6) is -0.232. The molecule has 23 heavy (non-hydrogen) atoms. The molecule has 1 N–H and O–H groups in total. The molecule has 1 aromatic heterocycles. The lowest BCUT2D eigenvalue weighted by Crippen LogP contribution is -2.51. The Hall–Kier alpha value is -2.05. The first kappa shape index (κ1) is 15.8. The molecule has 3 rings (SSSR count). The van der Waals surface area contributed by atoms with Gasteiger partial charge in [0.25, 0.3) is 5.91 Å². The number of hydrogen-bond donors (Lipinski definition) is 1. The van der Waals surface area contributed by atoms with E-state index < -0.39 is 6.61 Å². The Balaban J connectivity index is 1.81. The summed E-state index contributed by atoms with van der Waals surface area (Å²) in [4.78, 5) is 27.3. The standard InChI is InChI=1S/C16H17ClN2O4/c1-10-11-3-2-4-12(17)15(11)23-14(10)16(22)19-7-5-18(6-8-19)13(21)9-20/h2-4,20H,5-9H2,1H3. The largest absolute Gasteiger partial charge is 0.449 e. The molecule has 1 saturated heterocycles. The highest BCUT2D eigenvalue weighted by atomic mass is 35.5. The minimum absolute atomic E-state index is 0.203. The van der Waals surface area contributed by atoms with Crippen molar-refractivity contribution in [2.24, 2.45) is 0 Å². The van der Waals surface area contributed by atoms with Crippen molar-refractivity contribution in [2.45, 2.75) is 6.92 Å². The maximum atomic E-state index is 12.7. The number of piperazine rings is 1. The molecule has 0 spiro atoms. The van der Waals surface area contributed by atoms with Crippen molar-refractivity contribution in [2.75, 3.05) is 32.8 Å². The summed E-state index contributed by atoms with van der Waals surface area (Å²) in [5.41, 5.74) is 1.28. The molecule has 1 aliphatic heterocycles. The Morgan fingerprint density at radius 3 is 2.48 bits per heavy atom. The molecular weight excluding hydrogens is 320 g/mol. The van der Waals surface area contributed by atoms with Gasteiger partial charge in [0.15, 0.2) is 11.3 Å². The molecule has 2 amide bonds.